The van der Waals surface area contributed by atoms with E-state index in [1.54, 1.807) is 6.92 Å². The second-order valence-corrected chi connectivity index (χ2v) is 16.6. The molecule has 0 spiro atoms. The SMILES string of the molecule is CCOCO[C@@]12CCC(c3ccccc3)[C@@]1(C)CC[C@@H]1[C@H]2CCC2CC(O[C@@H]3O[C@H](C)[C@](O)(COCC)[C@H](OC)[C@]3(O)COCC)CC[C@@]21C. The first-order valence-electron chi connectivity index (χ1n) is 19.7. The first-order chi connectivity index (χ1) is 24.0. The van der Waals surface area contributed by atoms with Crippen LogP contribution in [0, 0.1) is 28.6 Å². The maximum atomic E-state index is 12.2. The molecule has 2 N–H and O–H groups in total. The average Bonchev–Trinajstić information content (AvgIpc) is 3.42. The molecule has 1 aromatic rings. The van der Waals surface area contributed by atoms with Crippen LogP contribution in [0.4, 0.5) is 0 Å². The summed E-state index contributed by atoms with van der Waals surface area (Å²) in [6.07, 6.45) is 6.91. The van der Waals surface area contributed by atoms with Gasteiger partial charge in [0.15, 0.2) is 11.9 Å². The molecule has 1 saturated heterocycles. The number of benzene rings is 1. The molecule has 5 fully saturated rings. The topological polar surface area (TPSA) is 105 Å². The predicted molar refractivity (Wildman–Crippen MR) is 191 cm³/mol. The summed E-state index contributed by atoms with van der Waals surface area (Å²) in [7, 11) is 1.50. The summed E-state index contributed by atoms with van der Waals surface area (Å²) in [6, 6.07) is 11.1. The van der Waals surface area contributed by atoms with E-state index in [0.717, 1.165) is 51.4 Å². The van der Waals surface area contributed by atoms with Crippen LogP contribution < -0.4 is 0 Å². The lowest BCUT2D eigenvalue weighted by atomic mass is 9.43. The fraction of sp³-hybridized carbons (Fsp3) is 0.854. The Bertz CT molecular complexity index is 1250. The first-order valence-corrected chi connectivity index (χ1v) is 19.7. The predicted octanol–water partition coefficient (Wildman–Crippen LogP) is 6.63. The molecule has 9 heteroatoms. The van der Waals surface area contributed by atoms with Crippen LogP contribution in [0.2, 0.25) is 0 Å². The standard InChI is InChI=1S/C41H66O9/c1-8-45-25-39(42)28(4)49-36(40(43,26-46-9-2)35(39)44-7)50-31-18-21-37(5)30(24-31)16-17-34-33(37)19-22-38(6)32(29-14-12-11-13-15-29)20-23-41(34,38)48-27-47-10-3/h11-15,28,30-36,42-43H,8-10,16-27H2,1-7H3/t28-,30?,31?,32?,33-,34-,35+,36+,37+,38-,39-,40-,41-/m1/s1. The van der Waals surface area contributed by atoms with Crippen LogP contribution in [0.5, 0.6) is 0 Å². The van der Waals surface area contributed by atoms with Crippen molar-refractivity contribution in [2.24, 2.45) is 28.6 Å². The molecule has 284 valence electrons. The van der Waals surface area contributed by atoms with Crippen LogP contribution in [0.3, 0.4) is 0 Å². The number of methoxy groups -OCH3 is 1. The van der Waals surface area contributed by atoms with Gasteiger partial charge in [0.2, 0.25) is 0 Å². The number of hydrogen-bond donors (Lipinski definition) is 2. The summed E-state index contributed by atoms with van der Waals surface area (Å²) >= 11 is 0. The van der Waals surface area contributed by atoms with E-state index in [0.29, 0.717) is 50.3 Å². The summed E-state index contributed by atoms with van der Waals surface area (Å²) in [6.45, 7) is 14.4. The van der Waals surface area contributed by atoms with Gasteiger partial charge in [-0.05, 0) is 120 Å². The van der Waals surface area contributed by atoms with Gasteiger partial charge < -0.3 is 43.4 Å². The van der Waals surface area contributed by atoms with Crippen molar-refractivity contribution in [3.05, 3.63) is 35.9 Å². The zero-order valence-electron chi connectivity index (χ0n) is 31.9. The second-order valence-electron chi connectivity index (χ2n) is 16.6. The maximum absolute atomic E-state index is 12.2. The van der Waals surface area contributed by atoms with E-state index in [2.05, 4.69) is 44.2 Å². The monoisotopic (exact) mass is 702 g/mol. The number of ether oxygens (including phenoxy) is 7. The molecular formula is C41H66O9. The molecule has 1 aliphatic heterocycles. The van der Waals surface area contributed by atoms with Crippen LogP contribution in [0.1, 0.15) is 111 Å². The highest BCUT2D eigenvalue weighted by molar-refractivity contribution is 5.30. The smallest absolute Gasteiger partial charge is 0.192 e. The molecule has 6 rings (SSSR count). The fourth-order valence-electron chi connectivity index (χ4n) is 11.9. The Labute approximate surface area is 301 Å². The lowest BCUT2D eigenvalue weighted by Gasteiger charge is -2.65. The highest BCUT2D eigenvalue weighted by Gasteiger charge is 2.69. The van der Waals surface area contributed by atoms with Gasteiger partial charge in [0.25, 0.3) is 0 Å². The average molecular weight is 703 g/mol. The highest BCUT2D eigenvalue weighted by atomic mass is 16.7. The van der Waals surface area contributed by atoms with Gasteiger partial charge in [-0.25, -0.2) is 0 Å². The number of fused-ring (bicyclic) bond motifs is 5. The van der Waals surface area contributed by atoms with Crippen molar-refractivity contribution in [3.63, 3.8) is 0 Å². The summed E-state index contributed by atoms with van der Waals surface area (Å²) in [5, 5.41) is 24.0. The van der Waals surface area contributed by atoms with E-state index in [-0.39, 0.29) is 35.7 Å². The summed E-state index contributed by atoms with van der Waals surface area (Å²) in [5.74, 6) is 2.03. The van der Waals surface area contributed by atoms with Crippen molar-refractivity contribution in [2.45, 2.75) is 147 Å². The van der Waals surface area contributed by atoms with Gasteiger partial charge in [-0.1, -0.05) is 44.2 Å². The third kappa shape index (κ3) is 6.32. The van der Waals surface area contributed by atoms with Crippen LogP contribution in [-0.4, -0.2) is 98.6 Å². The third-order valence-corrected chi connectivity index (χ3v) is 14.5. The fourth-order valence-corrected chi connectivity index (χ4v) is 11.9. The van der Waals surface area contributed by atoms with Crippen molar-refractivity contribution in [3.8, 4) is 0 Å². The molecule has 0 amide bonds. The van der Waals surface area contributed by atoms with Gasteiger partial charge in [-0.2, -0.15) is 0 Å². The zero-order valence-corrected chi connectivity index (χ0v) is 31.9. The van der Waals surface area contributed by atoms with Gasteiger partial charge >= 0.3 is 0 Å². The quantitative estimate of drug-likeness (QED) is 0.126. The molecule has 5 aliphatic rings. The van der Waals surface area contributed by atoms with E-state index < -0.39 is 29.7 Å². The minimum Gasteiger partial charge on any atom is -0.382 e. The lowest BCUT2D eigenvalue weighted by molar-refractivity contribution is -0.386. The van der Waals surface area contributed by atoms with Crippen LogP contribution >= 0.6 is 0 Å². The Morgan fingerprint density at radius 2 is 1.50 bits per heavy atom. The Balaban J connectivity index is 1.21. The van der Waals surface area contributed by atoms with E-state index >= 15 is 0 Å². The van der Waals surface area contributed by atoms with E-state index in [9.17, 15) is 10.2 Å². The van der Waals surface area contributed by atoms with Gasteiger partial charge in [0, 0.05) is 32.3 Å². The molecule has 1 aromatic carbocycles. The van der Waals surface area contributed by atoms with Crippen molar-refractivity contribution in [1.29, 1.82) is 0 Å². The molecule has 4 saturated carbocycles. The third-order valence-electron chi connectivity index (χ3n) is 14.5. The van der Waals surface area contributed by atoms with Crippen LogP contribution in [0.15, 0.2) is 30.3 Å². The maximum Gasteiger partial charge on any atom is 0.192 e. The summed E-state index contributed by atoms with van der Waals surface area (Å²) in [4.78, 5) is 0. The van der Waals surface area contributed by atoms with Crippen molar-refractivity contribution >= 4 is 0 Å². The van der Waals surface area contributed by atoms with Crippen LogP contribution in [0.25, 0.3) is 0 Å². The number of aliphatic hydroxyl groups is 2. The highest BCUT2D eigenvalue weighted by Crippen LogP contribution is 2.72. The van der Waals surface area contributed by atoms with E-state index in [4.69, 9.17) is 33.2 Å². The minimum atomic E-state index is -1.72. The molecule has 13 atom stereocenters. The molecule has 4 aliphatic carbocycles. The molecule has 0 radical (unpaired) electrons. The zero-order chi connectivity index (χ0) is 35.8. The minimum absolute atomic E-state index is 0.0301. The van der Waals surface area contributed by atoms with E-state index in [1.165, 1.54) is 19.1 Å². The molecule has 3 unspecified atom stereocenters. The van der Waals surface area contributed by atoms with Crippen LogP contribution in [-0.2, 0) is 33.2 Å². The number of rotatable bonds is 14. The Morgan fingerprint density at radius 1 is 0.800 bits per heavy atom. The molecule has 0 aromatic heterocycles. The second kappa shape index (κ2) is 15.3. The molecule has 9 nitrogen and oxygen atoms in total. The Morgan fingerprint density at radius 3 is 2.18 bits per heavy atom. The first kappa shape index (κ1) is 38.6. The number of hydrogen-bond acceptors (Lipinski definition) is 9. The van der Waals surface area contributed by atoms with Crippen molar-refractivity contribution < 1.29 is 43.4 Å². The largest absolute Gasteiger partial charge is 0.382 e. The molecular weight excluding hydrogens is 636 g/mol. The van der Waals surface area contributed by atoms with E-state index in [1.807, 2.05) is 20.8 Å². The Kier molecular flexibility index (Phi) is 11.8. The lowest BCUT2D eigenvalue weighted by Crippen LogP contribution is -2.75. The van der Waals surface area contributed by atoms with Crippen molar-refractivity contribution in [1.82, 2.24) is 0 Å². The van der Waals surface area contributed by atoms with Gasteiger partial charge in [0.1, 0.15) is 18.5 Å². The summed E-state index contributed by atoms with van der Waals surface area (Å²) in [5.41, 5.74) is -1.83. The van der Waals surface area contributed by atoms with Crippen molar-refractivity contribution in [2.75, 3.05) is 46.9 Å². The molecule has 0 bridgehead atoms. The Hall–Kier alpha value is -1.14. The van der Waals surface area contributed by atoms with Gasteiger partial charge in [-0.3, -0.25) is 0 Å². The van der Waals surface area contributed by atoms with Gasteiger partial charge in [-0.15, -0.1) is 0 Å². The summed E-state index contributed by atoms with van der Waals surface area (Å²) < 4.78 is 43.4. The van der Waals surface area contributed by atoms with Gasteiger partial charge in [0.05, 0.1) is 31.0 Å². The molecule has 50 heavy (non-hydrogen) atoms. The normalized spacial score (nSPS) is 45.9. The molecule has 1 heterocycles.